The van der Waals surface area contributed by atoms with Crippen molar-refractivity contribution in [1.29, 1.82) is 0 Å². The number of aromatic nitrogens is 2. The highest BCUT2D eigenvalue weighted by Gasteiger charge is 2.31. The van der Waals surface area contributed by atoms with E-state index in [1.807, 2.05) is 19.9 Å². The maximum absolute atomic E-state index is 13.2. The molecule has 228 valence electrons. The zero-order valence-corrected chi connectivity index (χ0v) is 24.8. The molecule has 3 heterocycles. The first-order valence-electron chi connectivity index (χ1n) is 14.3. The number of H-pyrrole nitrogens is 1. The van der Waals surface area contributed by atoms with Crippen LogP contribution in [-0.2, 0) is 19.1 Å². The first-order valence-corrected chi connectivity index (χ1v) is 14.3. The Labute approximate surface area is 249 Å². The van der Waals surface area contributed by atoms with Crippen molar-refractivity contribution in [2.45, 2.75) is 53.0 Å². The molecule has 1 saturated heterocycles. The summed E-state index contributed by atoms with van der Waals surface area (Å²) in [6.45, 7) is 7.12. The molecule has 1 aliphatic rings. The van der Waals surface area contributed by atoms with Crippen molar-refractivity contribution in [3.63, 3.8) is 0 Å². The van der Waals surface area contributed by atoms with Gasteiger partial charge in [-0.25, -0.2) is 4.79 Å². The van der Waals surface area contributed by atoms with Crippen molar-refractivity contribution in [2.75, 3.05) is 26.3 Å². The van der Waals surface area contributed by atoms with E-state index in [0.717, 1.165) is 17.5 Å². The maximum atomic E-state index is 13.2. The number of ketones is 1. The van der Waals surface area contributed by atoms with E-state index in [4.69, 9.17) is 9.47 Å². The SMILES string of the molecule is CCOc1cccc2[nH]c(C(=O)NCC(=O)N[C@@H](C[C@@H]3CCCNC3=O)C(=O)COC(=O)c3c(C)cc(C)nc3C)cc12. The minimum atomic E-state index is -1.11. The van der Waals surface area contributed by atoms with E-state index >= 15 is 0 Å². The Morgan fingerprint density at radius 3 is 2.65 bits per heavy atom. The molecule has 0 bridgehead atoms. The molecular formula is C31H37N5O7. The lowest BCUT2D eigenvalue weighted by atomic mass is 9.90. The Hall–Kier alpha value is -4.74. The van der Waals surface area contributed by atoms with Crippen LogP contribution in [0.25, 0.3) is 10.9 Å². The third kappa shape index (κ3) is 7.76. The lowest BCUT2D eigenvalue weighted by molar-refractivity contribution is -0.132. The molecular weight excluding hydrogens is 554 g/mol. The van der Waals surface area contributed by atoms with Crippen molar-refractivity contribution < 1.29 is 33.4 Å². The van der Waals surface area contributed by atoms with Crippen LogP contribution < -0.4 is 20.7 Å². The largest absolute Gasteiger partial charge is 0.493 e. The lowest BCUT2D eigenvalue weighted by Gasteiger charge is -2.26. The predicted molar refractivity (Wildman–Crippen MR) is 158 cm³/mol. The van der Waals surface area contributed by atoms with Gasteiger partial charge in [0.15, 0.2) is 12.4 Å². The van der Waals surface area contributed by atoms with E-state index < -0.39 is 48.7 Å². The summed E-state index contributed by atoms with van der Waals surface area (Å²) in [5.74, 6) is -2.48. The average molecular weight is 592 g/mol. The first kappa shape index (κ1) is 31.2. The van der Waals surface area contributed by atoms with Gasteiger partial charge in [-0.3, -0.25) is 24.2 Å². The second-order valence-corrected chi connectivity index (χ2v) is 10.6. The topological polar surface area (TPSA) is 169 Å². The van der Waals surface area contributed by atoms with Crippen molar-refractivity contribution in [2.24, 2.45) is 5.92 Å². The molecule has 1 fully saturated rings. The van der Waals surface area contributed by atoms with Gasteiger partial charge >= 0.3 is 5.97 Å². The summed E-state index contributed by atoms with van der Waals surface area (Å²) in [6.07, 6.45) is 1.33. The molecule has 12 heteroatoms. The van der Waals surface area contributed by atoms with Crippen molar-refractivity contribution >= 4 is 40.4 Å². The summed E-state index contributed by atoms with van der Waals surface area (Å²) in [5.41, 5.74) is 3.13. The number of fused-ring (bicyclic) bond motifs is 1. The van der Waals surface area contributed by atoms with Crippen molar-refractivity contribution in [3.8, 4) is 5.75 Å². The number of pyridine rings is 1. The summed E-state index contributed by atoms with van der Waals surface area (Å²) in [7, 11) is 0. The van der Waals surface area contributed by atoms with E-state index in [2.05, 4.69) is 25.9 Å². The zero-order chi connectivity index (χ0) is 31.1. The lowest BCUT2D eigenvalue weighted by Crippen LogP contribution is -2.49. The molecule has 1 aromatic carbocycles. The van der Waals surface area contributed by atoms with E-state index in [9.17, 15) is 24.0 Å². The van der Waals surface area contributed by atoms with E-state index in [-0.39, 0.29) is 23.6 Å². The molecule has 0 spiro atoms. The number of nitrogens with one attached hydrogen (secondary N) is 4. The fourth-order valence-electron chi connectivity index (χ4n) is 5.29. The van der Waals surface area contributed by atoms with E-state index in [1.54, 1.807) is 38.1 Å². The molecule has 43 heavy (non-hydrogen) atoms. The second kappa shape index (κ2) is 14.0. The highest BCUT2D eigenvalue weighted by molar-refractivity contribution is 6.01. The summed E-state index contributed by atoms with van der Waals surface area (Å²) in [6, 6.07) is 7.70. The molecule has 0 radical (unpaired) electrons. The van der Waals surface area contributed by atoms with Gasteiger partial charge in [-0.1, -0.05) is 6.07 Å². The molecule has 2 atom stereocenters. The summed E-state index contributed by atoms with van der Waals surface area (Å²) >= 11 is 0. The third-order valence-corrected chi connectivity index (χ3v) is 7.30. The number of aromatic amines is 1. The van der Waals surface area contributed by atoms with Gasteiger partial charge in [0, 0.05) is 29.1 Å². The molecule has 4 rings (SSSR count). The van der Waals surface area contributed by atoms with Gasteiger partial charge in [0.25, 0.3) is 5.91 Å². The molecule has 0 saturated carbocycles. The Bertz CT molecular complexity index is 1520. The number of ether oxygens (including phenoxy) is 2. The van der Waals surface area contributed by atoms with E-state index in [0.29, 0.717) is 42.1 Å². The highest BCUT2D eigenvalue weighted by atomic mass is 16.5. The summed E-state index contributed by atoms with van der Waals surface area (Å²) in [4.78, 5) is 71.4. The minimum absolute atomic E-state index is 0.0360. The number of nitrogens with zero attached hydrogens (tertiary/aromatic N) is 1. The number of hydrogen-bond donors (Lipinski definition) is 4. The van der Waals surface area contributed by atoms with Crippen LogP contribution in [0.15, 0.2) is 30.3 Å². The number of hydrogen-bond acceptors (Lipinski definition) is 8. The first-order chi connectivity index (χ1) is 20.6. The van der Waals surface area contributed by atoms with Gasteiger partial charge in [-0.15, -0.1) is 0 Å². The zero-order valence-electron chi connectivity index (χ0n) is 24.8. The number of carbonyl (C=O) groups is 5. The number of Topliss-reactive ketones (excluding diaryl/α,β-unsaturated/α-hetero) is 1. The van der Waals surface area contributed by atoms with Gasteiger partial charge in [-0.05, 0) is 76.8 Å². The second-order valence-electron chi connectivity index (χ2n) is 10.6. The third-order valence-electron chi connectivity index (χ3n) is 7.30. The molecule has 1 aliphatic heterocycles. The fourth-order valence-corrected chi connectivity index (χ4v) is 5.29. The minimum Gasteiger partial charge on any atom is -0.493 e. The number of benzene rings is 1. The Morgan fingerprint density at radius 2 is 1.93 bits per heavy atom. The van der Waals surface area contributed by atoms with Crippen LogP contribution in [0.5, 0.6) is 5.75 Å². The number of esters is 1. The maximum Gasteiger partial charge on any atom is 0.340 e. The monoisotopic (exact) mass is 591 g/mol. The average Bonchev–Trinajstić information content (AvgIpc) is 3.41. The summed E-state index contributed by atoms with van der Waals surface area (Å²) in [5, 5.41) is 8.68. The van der Waals surface area contributed by atoms with Crippen LogP contribution in [0.4, 0.5) is 0 Å². The van der Waals surface area contributed by atoms with Gasteiger partial charge in [-0.2, -0.15) is 0 Å². The van der Waals surface area contributed by atoms with Gasteiger partial charge < -0.3 is 30.4 Å². The van der Waals surface area contributed by atoms with Crippen LogP contribution in [0.1, 0.15) is 64.0 Å². The molecule has 0 aliphatic carbocycles. The highest BCUT2D eigenvalue weighted by Crippen LogP contribution is 2.26. The Balaban J connectivity index is 1.40. The number of amides is 3. The fraction of sp³-hybridized carbons (Fsp3) is 0.419. The van der Waals surface area contributed by atoms with Crippen LogP contribution in [0.2, 0.25) is 0 Å². The van der Waals surface area contributed by atoms with Crippen molar-refractivity contribution in [3.05, 3.63) is 58.5 Å². The van der Waals surface area contributed by atoms with Gasteiger partial charge in [0.2, 0.25) is 11.8 Å². The number of carbonyl (C=O) groups excluding carboxylic acids is 5. The quantitative estimate of drug-likeness (QED) is 0.233. The van der Waals surface area contributed by atoms with Crippen molar-refractivity contribution in [1.82, 2.24) is 25.9 Å². The van der Waals surface area contributed by atoms with E-state index in [1.165, 1.54) is 0 Å². The molecule has 2 aromatic heterocycles. The number of piperidine rings is 1. The molecule has 0 unspecified atom stereocenters. The van der Waals surface area contributed by atoms with Crippen LogP contribution in [0, 0.1) is 26.7 Å². The van der Waals surface area contributed by atoms with Crippen LogP contribution >= 0.6 is 0 Å². The predicted octanol–water partition coefficient (Wildman–Crippen LogP) is 2.44. The standard InChI is InChI=1S/C31H37N5O7/c1-5-42-26-10-6-9-22-21(26)14-24(35-22)30(40)33-15-27(38)36-23(13-20-8-7-11-32-29(20)39)25(37)16-43-31(41)28-17(2)12-18(3)34-19(28)4/h6,9-10,12,14,20,23,35H,5,7-8,11,13,15-16H2,1-4H3,(H,32,39)(H,33,40)(H,36,38)/t20-,23-/m0/s1. The van der Waals surface area contributed by atoms with Gasteiger partial charge in [0.1, 0.15) is 11.4 Å². The summed E-state index contributed by atoms with van der Waals surface area (Å²) < 4.78 is 10.9. The van der Waals surface area contributed by atoms with Gasteiger partial charge in [0.05, 0.1) is 30.5 Å². The van der Waals surface area contributed by atoms with Crippen LogP contribution in [0.3, 0.4) is 0 Å². The number of rotatable bonds is 12. The molecule has 3 amide bonds. The van der Waals surface area contributed by atoms with Crippen LogP contribution in [-0.4, -0.2) is 71.8 Å². The smallest absolute Gasteiger partial charge is 0.340 e. The molecule has 4 N–H and O–H groups in total. The number of aryl methyl sites for hydroxylation is 3. The normalized spacial score (nSPS) is 15.3. The molecule has 3 aromatic rings. The Kier molecular flexibility index (Phi) is 10.1. The Morgan fingerprint density at radius 1 is 1.14 bits per heavy atom. The molecule has 12 nitrogen and oxygen atoms in total.